The van der Waals surface area contributed by atoms with Crippen molar-refractivity contribution in [2.75, 3.05) is 19.6 Å². The van der Waals surface area contributed by atoms with Crippen LogP contribution < -0.4 is 5.32 Å². The molecule has 28 heavy (non-hydrogen) atoms. The molecule has 1 aromatic carbocycles. The summed E-state index contributed by atoms with van der Waals surface area (Å²) in [6, 6.07) is 4.86. The lowest BCUT2D eigenvalue weighted by Crippen LogP contribution is -2.43. The molecule has 1 amide bonds. The van der Waals surface area contributed by atoms with Crippen molar-refractivity contribution in [2.24, 2.45) is 5.92 Å². The van der Waals surface area contributed by atoms with E-state index in [9.17, 15) is 13.2 Å². The van der Waals surface area contributed by atoms with Crippen LogP contribution in [0.2, 0.25) is 10.0 Å². The maximum atomic E-state index is 12.7. The zero-order valence-corrected chi connectivity index (χ0v) is 18.1. The minimum absolute atomic E-state index is 0.0352. The first-order valence-corrected chi connectivity index (χ1v) is 12.1. The highest BCUT2D eigenvalue weighted by molar-refractivity contribution is 7.88. The number of piperidine rings is 1. The van der Waals surface area contributed by atoms with E-state index in [1.807, 2.05) is 0 Å². The maximum Gasteiger partial charge on any atom is 0.223 e. The van der Waals surface area contributed by atoms with Crippen LogP contribution in [0.1, 0.15) is 44.1 Å². The molecule has 1 fully saturated rings. The molecule has 1 aliphatic carbocycles. The first-order valence-electron chi connectivity index (χ1n) is 9.72. The van der Waals surface area contributed by atoms with Gasteiger partial charge in [-0.1, -0.05) is 40.9 Å². The molecule has 1 saturated heterocycles. The van der Waals surface area contributed by atoms with Gasteiger partial charge in [-0.05, 0) is 56.2 Å². The summed E-state index contributed by atoms with van der Waals surface area (Å²) in [6.07, 6.45) is 7.90. The second kappa shape index (κ2) is 9.61. The average Bonchev–Trinajstić information content (AvgIpc) is 2.69. The molecule has 1 aromatic rings. The summed E-state index contributed by atoms with van der Waals surface area (Å²) in [5.74, 6) is -0.205. The Bertz CT molecular complexity index is 847. The van der Waals surface area contributed by atoms with E-state index >= 15 is 0 Å². The Hall–Kier alpha value is -1.08. The Balaban J connectivity index is 1.50. The highest BCUT2D eigenvalue weighted by Gasteiger charge is 2.31. The molecule has 0 saturated carbocycles. The Morgan fingerprint density at radius 1 is 1.14 bits per heavy atom. The first-order chi connectivity index (χ1) is 13.3. The number of rotatable bonds is 6. The Morgan fingerprint density at radius 2 is 1.89 bits per heavy atom. The van der Waals surface area contributed by atoms with Crippen molar-refractivity contribution in [3.63, 3.8) is 0 Å². The third-order valence-electron chi connectivity index (χ3n) is 5.43. The van der Waals surface area contributed by atoms with Crippen LogP contribution in [-0.4, -0.2) is 38.3 Å². The Kier molecular flexibility index (Phi) is 7.42. The third kappa shape index (κ3) is 5.72. The molecule has 3 rings (SSSR count). The molecular formula is C20H26Cl2N2O3S. The normalized spacial score (nSPS) is 19.3. The second-order valence-corrected chi connectivity index (χ2v) is 10.3. The topological polar surface area (TPSA) is 66.5 Å². The molecular weight excluding hydrogens is 419 g/mol. The fraction of sp³-hybridized carbons (Fsp3) is 0.550. The van der Waals surface area contributed by atoms with Gasteiger partial charge in [0.2, 0.25) is 15.9 Å². The van der Waals surface area contributed by atoms with Gasteiger partial charge >= 0.3 is 0 Å². The largest absolute Gasteiger partial charge is 0.352 e. The molecule has 8 heteroatoms. The number of nitrogens with zero attached hydrogens (tertiary/aromatic N) is 1. The number of hydrogen-bond acceptors (Lipinski definition) is 3. The number of carbonyl (C=O) groups is 1. The van der Waals surface area contributed by atoms with Crippen molar-refractivity contribution in [2.45, 2.75) is 44.3 Å². The second-order valence-electron chi connectivity index (χ2n) is 7.50. The van der Waals surface area contributed by atoms with E-state index in [2.05, 4.69) is 11.4 Å². The number of allylic oxidation sites excluding steroid dienone is 1. The monoisotopic (exact) mass is 444 g/mol. The van der Waals surface area contributed by atoms with Crippen LogP contribution in [0.4, 0.5) is 0 Å². The van der Waals surface area contributed by atoms with Gasteiger partial charge in [-0.15, -0.1) is 0 Å². The van der Waals surface area contributed by atoms with Crippen LogP contribution >= 0.6 is 23.2 Å². The van der Waals surface area contributed by atoms with Crippen LogP contribution in [0.15, 0.2) is 29.8 Å². The number of halogens is 2. The van der Waals surface area contributed by atoms with Crippen molar-refractivity contribution in [3.05, 3.63) is 45.5 Å². The molecule has 5 nitrogen and oxygen atoms in total. The number of hydrogen-bond donors (Lipinski definition) is 1. The molecule has 1 N–H and O–H groups in total. The molecule has 154 valence electrons. The fourth-order valence-electron chi connectivity index (χ4n) is 3.74. The van der Waals surface area contributed by atoms with Gasteiger partial charge in [-0.3, -0.25) is 4.79 Å². The standard InChI is InChI=1S/C20H26Cl2N2O3S/c21-18-7-6-16(12-19(18)22)14-28(26,27)24-10-8-17(9-11-24)20(25)23-13-15-4-2-1-3-5-15/h4,6-7,12,17H,1-3,5,8-11,13-14H2,(H,23,25). The lowest BCUT2D eigenvalue weighted by atomic mass is 9.96. The minimum Gasteiger partial charge on any atom is -0.352 e. The highest BCUT2D eigenvalue weighted by atomic mass is 35.5. The quantitative estimate of drug-likeness (QED) is 0.669. The van der Waals surface area contributed by atoms with Gasteiger partial charge in [0.25, 0.3) is 0 Å². The Labute approximate surface area is 177 Å². The van der Waals surface area contributed by atoms with Gasteiger partial charge in [0.05, 0.1) is 15.8 Å². The van der Waals surface area contributed by atoms with Crippen molar-refractivity contribution in [1.82, 2.24) is 9.62 Å². The zero-order valence-electron chi connectivity index (χ0n) is 15.8. The van der Waals surface area contributed by atoms with E-state index in [-0.39, 0.29) is 17.6 Å². The van der Waals surface area contributed by atoms with E-state index < -0.39 is 10.0 Å². The predicted octanol–water partition coefficient (Wildman–Crippen LogP) is 4.15. The molecule has 0 unspecified atom stereocenters. The average molecular weight is 445 g/mol. The fourth-order valence-corrected chi connectivity index (χ4v) is 5.61. The number of carbonyl (C=O) groups excluding carboxylic acids is 1. The van der Waals surface area contributed by atoms with Crippen molar-refractivity contribution >= 4 is 39.1 Å². The summed E-state index contributed by atoms with van der Waals surface area (Å²) >= 11 is 11.9. The summed E-state index contributed by atoms with van der Waals surface area (Å²) in [5, 5.41) is 3.77. The van der Waals surface area contributed by atoms with Crippen molar-refractivity contribution in [3.8, 4) is 0 Å². The molecule has 1 aliphatic heterocycles. The number of nitrogens with one attached hydrogen (secondary N) is 1. The van der Waals surface area contributed by atoms with Crippen molar-refractivity contribution in [1.29, 1.82) is 0 Å². The van der Waals surface area contributed by atoms with E-state index in [4.69, 9.17) is 23.2 Å². The molecule has 0 atom stereocenters. The van der Waals surface area contributed by atoms with Gasteiger partial charge < -0.3 is 5.32 Å². The first kappa shape index (κ1) is 21.6. The predicted molar refractivity (Wildman–Crippen MR) is 113 cm³/mol. The number of amides is 1. The molecule has 0 spiro atoms. The minimum atomic E-state index is -3.45. The van der Waals surface area contributed by atoms with Gasteiger partial charge in [-0.2, -0.15) is 0 Å². The lowest BCUT2D eigenvalue weighted by molar-refractivity contribution is -0.125. The van der Waals surface area contributed by atoms with E-state index in [1.165, 1.54) is 22.7 Å². The highest BCUT2D eigenvalue weighted by Crippen LogP contribution is 2.26. The third-order valence-corrected chi connectivity index (χ3v) is 8.01. The zero-order chi connectivity index (χ0) is 20.1. The van der Waals surface area contributed by atoms with E-state index in [0.717, 1.165) is 12.8 Å². The SMILES string of the molecule is O=C(NCC1=CCCCC1)C1CCN(S(=O)(=O)Cc2ccc(Cl)c(Cl)c2)CC1. The maximum absolute atomic E-state index is 12.7. The summed E-state index contributed by atoms with van der Waals surface area (Å²) in [4.78, 5) is 12.4. The van der Waals surface area contributed by atoms with Crippen LogP contribution in [0.25, 0.3) is 0 Å². The van der Waals surface area contributed by atoms with E-state index in [0.29, 0.717) is 48.1 Å². The molecule has 2 aliphatic rings. The van der Waals surface area contributed by atoms with E-state index in [1.54, 1.807) is 18.2 Å². The summed E-state index contributed by atoms with van der Waals surface area (Å²) in [5.41, 5.74) is 1.91. The molecule has 0 radical (unpaired) electrons. The van der Waals surface area contributed by atoms with Gasteiger partial charge in [0.1, 0.15) is 0 Å². The molecule has 0 aromatic heterocycles. The lowest BCUT2D eigenvalue weighted by Gasteiger charge is -2.30. The molecule has 0 bridgehead atoms. The summed E-state index contributed by atoms with van der Waals surface area (Å²) in [7, 11) is -3.45. The van der Waals surface area contributed by atoms with Crippen LogP contribution in [0.5, 0.6) is 0 Å². The van der Waals surface area contributed by atoms with Crippen molar-refractivity contribution < 1.29 is 13.2 Å². The summed E-state index contributed by atoms with van der Waals surface area (Å²) in [6.45, 7) is 1.35. The number of sulfonamides is 1. The summed E-state index contributed by atoms with van der Waals surface area (Å²) < 4.78 is 26.9. The number of benzene rings is 1. The Morgan fingerprint density at radius 3 is 2.54 bits per heavy atom. The van der Waals surface area contributed by atoms with Crippen LogP contribution in [-0.2, 0) is 20.6 Å². The van der Waals surface area contributed by atoms with Gasteiger partial charge in [-0.25, -0.2) is 12.7 Å². The van der Waals surface area contributed by atoms with Crippen LogP contribution in [0, 0.1) is 5.92 Å². The van der Waals surface area contributed by atoms with Gasteiger partial charge in [0.15, 0.2) is 0 Å². The smallest absolute Gasteiger partial charge is 0.223 e. The van der Waals surface area contributed by atoms with Gasteiger partial charge in [0, 0.05) is 25.6 Å². The van der Waals surface area contributed by atoms with Crippen LogP contribution in [0.3, 0.4) is 0 Å². The molecule has 1 heterocycles.